The number of alkyl halides is 2. The van der Waals surface area contributed by atoms with Gasteiger partial charge in [0.2, 0.25) is 0 Å². The number of rotatable bonds is 5. The van der Waals surface area contributed by atoms with E-state index >= 15 is 4.39 Å². The van der Waals surface area contributed by atoms with Crippen LogP contribution in [0.1, 0.15) is 35.3 Å². The Balaban J connectivity index is 1.65. The molecular formula is C24H20F3N3O3S. The maximum absolute atomic E-state index is 15.0. The van der Waals surface area contributed by atoms with Gasteiger partial charge >= 0.3 is 6.61 Å². The maximum Gasteiger partial charge on any atom is 0.387 e. The lowest BCUT2D eigenvalue weighted by Crippen LogP contribution is -2.10. The average molecular weight is 488 g/mol. The molecule has 0 saturated carbocycles. The van der Waals surface area contributed by atoms with Crippen LogP contribution in [0.4, 0.5) is 13.2 Å². The summed E-state index contributed by atoms with van der Waals surface area (Å²) in [5.41, 5.74) is 9.17. The summed E-state index contributed by atoms with van der Waals surface area (Å²) >= 11 is 0. The number of sulfone groups is 1. The third-order valence-electron chi connectivity index (χ3n) is 6.05. The van der Waals surface area contributed by atoms with Gasteiger partial charge in [-0.15, -0.1) is 0 Å². The first-order valence-corrected chi connectivity index (χ1v) is 12.3. The van der Waals surface area contributed by atoms with Crippen molar-refractivity contribution in [3.63, 3.8) is 0 Å². The fourth-order valence-corrected chi connectivity index (χ4v) is 5.17. The van der Waals surface area contributed by atoms with E-state index < -0.39 is 28.3 Å². The number of nitrogens with two attached hydrogens (primary N) is 1. The SMILES string of the molecule is CS(=O)(=O)c1ccc(-c2cn3c4c(nc3cc2F)[C@@H](N)C[C@@H]4c2ccccc2OC(F)F)cc1. The van der Waals surface area contributed by atoms with Crippen LogP contribution in [-0.4, -0.2) is 30.7 Å². The Morgan fingerprint density at radius 3 is 2.53 bits per heavy atom. The third kappa shape index (κ3) is 3.82. The van der Waals surface area contributed by atoms with E-state index in [1.807, 2.05) is 0 Å². The number of nitrogens with zero attached hydrogens (tertiary/aromatic N) is 2. The molecule has 6 nitrogen and oxygen atoms in total. The molecule has 1 aliphatic carbocycles. The number of hydrogen-bond donors (Lipinski definition) is 1. The van der Waals surface area contributed by atoms with Gasteiger partial charge in [0.05, 0.1) is 16.3 Å². The van der Waals surface area contributed by atoms with Crippen LogP contribution < -0.4 is 10.5 Å². The summed E-state index contributed by atoms with van der Waals surface area (Å²) in [6.45, 7) is -2.98. The summed E-state index contributed by atoms with van der Waals surface area (Å²) in [5.74, 6) is -0.869. The van der Waals surface area contributed by atoms with Crippen molar-refractivity contribution < 1.29 is 26.3 Å². The molecule has 0 amide bonds. The number of benzene rings is 2. The Kier molecular flexibility index (Phi) is 5.37. The summed E-state index contributed by atoms with van der Waals surface area (Å²) in [4.78, 5) is 4.64. The summed E-state index contributed by atoms with van der Waals surface area (Å²) in [6, 6.07) is 13.3. The first-order chi connectivity index (χ1) is 16.1. The molecule has 2 N–H and O–H groups in total. The van der Waals surface area contributed by atoms with Crippen LogP contribution in [0, 0.1) is 5.82 Å². The molecule has 2 aromatic heterocycles. The van der Waals surface area contributed by atoms with Gasteiger partial charge in [0.25, 0.3) is 0 Å². The van der Waals surface area contributed by atoms with Crippen LogP contribution in [0.5, 0.6) is 5.75 Å². The van der Waals surface area contributed by atoms with Gasteiger partial charge in [-0.3, -0.25) is 0 Å². The van der Waals surface area contributed by atoms with Crippen molar-refractivity contribution in [1.82, 2.24) is 9.38 Å². The molecular weight excluding hydrogens is 467 g/mol. The summed E-state index contributed by atoms with van der Waals surface area (Å²) in [6.07, 6.45) is 3.11. The standard InChI is InChI=1S/C24H20F3N3O3S/c1-34(31,32)14-8-6-13(7-9-14)17-12-30-21(11-18(17)25)29-22-19(28)10-16(23(22)30)15-4-2-3-5-20(15)33-24(26)27/h2-9,11-12,16,19,24H,10,28H2,1H3/t16-,19+/m1/s1. The zero-order valence-electron chi connectivity index (χ0n) is 18.0. The van der Waals surface area contributed by atoms with Gasteiger partial charge in [-0.25, -0.2) is 17.8 Å². The number of pyridine rings is 1. The second-order valence-corrected chi connectivity index (χ2v) is 10.3. The van der Waals surface area contributed by atoms with Gasteiger partial charge in [0.15, 0.2) is 9.84 Å². The number of fused-ring (bicyclic) bond motifs is 3. The molecule has 176 valence electrons. The summed E-state index contributed by atoms with van der Waals surface area (Å²) < 4.78 is 71.0. The van der Waals surface area contributed by atoms with Gasteiger partial charge in [-0.2, -0.15) is 8.78 Å². The van der Waals surface area contributed by atoms with Crippen molar-refractivity contribution in [2.75, 3.05) is 6.26 Å². The molecule has 10 heteroatoms. The van der Waals surface area contributed by atoms with Crippen LogP contribution >= 0.6 is 0 Å². The molecule has 2 atom stereocenters. The molecule has 0 fully saturated rings. The second kappa shape index (κ2) is 8.14. The molecule has 34 heavy (non-hydrogen) atoms. The van der Waals surface area contributed by atoms with Crippen LogP contribution in [0.2, 0.25) is 0 Å². The molecule has 0 aliphatic heterocycles. The normalized spacial score (nSPS) is 17.9. The van der Waals surface area contributed by atoms with Gasteiger partial charge in [0, 0.05) is 41.6 Å². The topological polar surface area (TPSA) is 86.7 Å². The van der Waals surface area contributed by atoms with E-state index in [0.29, 0.717) is 34.6 Å². The number of imidazole rings is 1. The van der Waals surface area contributed by atoms with E-state index in [1.54, 1.807) is 28.8 Å². The zero-order chi connectivity index (χ0) is 24.2. The lowest BCUT2D eigenvalue weighted by molar-refractivity contribution is -0.0505. The lowest BCUT2D eigenvalue weighted by atomic mass is 9.95. The number of ether oxygens (including phenoxy) is 1. The minimum absolute atomic E-state index is 0.0520. The van der Waals surface area contributed by atoms with E-state index in [0.717, 1.165) is 6.26 Å². The molecule has 0 bridgehead atoms. The Hall–Kier alpha value is -3.37. The largest absolute Gasteiger partial charge is 0.435 e. The first-order valence-electron chi connectivity index (χ1n) is 10.4. The highest BCUT2D eigenvalue weighted by atomic mass is 32.2. The quantitative estimate of drug-likeness (QED) is 0.442. The summed E-state index contributed by atoms with van der Waals surface area (Å²) in [5, 5.41) is 0. The lowest BCUT2D eigenvalue weighted by Gasteiger charge is -2.18. The molecule has 5 rings (SSSR count). The van der Waals surface area contributed by atoms with Crippen LogP contribution in [-0.2, 0) is 9.84 Å². The van der Waals surface area contributed by atoms with Crippen molar-refractivity contribution in [2.24, 2.45) is 5.73 Å². The number of aromatic nitrogens is 2. The fraction of sp³-hybridized carbons (Fsp3) is 0.208. The fourth-order valence-electron chi connectivity index (χ4n) is 4.54. The highest BCUT2D eigenvalue weighted by Gasteiger charge is 2.36. The molecule has 0 radical (unpaired) electrons. The van der Waals surface area contributed by atoms with Crippen LogP contribution in [0.15, 0.2) is 65.7 Å². The second-order valence-electron chi connectivity index (χ2n) is 8.25. The number of hydrogen-bond acceptors (Lipinski definition) is 5. The van der Waals surface area contributed by atoms with E-state index in [9.17, 15) is 17.2 Å². The predicted octanol–water partition coefficient (Wildman–Crippen LogP) is 4.68. The van der Waals surface area contributed by atoms with Crippen molar-refractivity contribution in [1.29, 1.82) is 0 Å². The molecule has 2 aromatic carbocycles. The monoisotopic (exact) mass is 487 g/mol. The molecule has 2 heterocycles. The van der Waals surface area contributed by atoms with E-state index in [1.165, 1.54) is 36.4 Å². The van der Waals surface area contributed by atoms with Crippen LogP contribution in [0.3, 0.4) is 0 Å². The van der Waals surface area contributed by atoms with Crippen molar-refractivity contribution >= 4 is 15.5 Å². The van der Waals surface area contributed by atoms with Crippen molar-refractivity contribution in [3.8, 4) is 16.9 Å². The van der Waals surface area contributed by atoms with Gasteiger partial charge < -0.3 is 14.9 Å². The highest BCUT2D eigenvalue weighted by molar-refractivity contribution is 7.90. The minimum atomic E-state index is -3.39. The first kappa shape index (κ1) is 22.4. The molecule has 0 spiro atoms. The van der Waals surface area contributed by atoms with Crippen LogP contribution in [0.25, 0.3) is 16.8 Å². The molecule has 0 unspecified atom stereocenters. The summed E-state index contributed by atoms with van der Waals surface area (Å²) in [7, 11) is -3.39. The van der Waals surface area contributed by atoms with E-state index in [-0.39, 0.29) is 22.1 Å². The molecule has 0 saturated heterocycles. The Bertz CT molecular complexity index is 1500. The zero-order valence-corrected chi connectivity index (χ0v) is 18.8. The molecule has 1 aliphatic rings. The predicted molar refractivity (Wildman–Crippen MR) is 120 cm³/mol. The molecule has 4 aromatic rings. The van der Waals surface area contributed by atoms with Gasteiger partial charge in [0.1, 0.15) is 17.2 Å². The Morgan fingerprint density at radius 1 is 1.15 bits per heavy atom. The highest BCUT2D eigenvalue weighted by Crippen LogP contribution is 2.46. The smallest absolute Gasteiger partial charge is 0.387 e. The van der Waals surface area contributed by atoms with E-state index in [4.69, 9.17) is 10.5 Å². The Morgan fingerprint density at radius 2 is 1.85 bits per heavy atom. The van der Waals surface area contributed by atoms with Gasteiger partial charge in [-0.1, -0.05) is 30.3 Å². The van der Waals surface area contributed by atoms with E-state index in [2.05, 4.69) is 4.98 Å². The third-order valence-corrected chi connectivity index (χ3v) is 7.18. The maximum atomic E-state index is 15.0. The number of para-hydroxylation sites is 1. The minimum Gasteiger partial charge on any atom is -0.435 e. The van der Waals surface area contributed by atoms with Crippen molar-refractivity contribution in [2.45, 2.75) is 29.9 Å². The Labute approximate surface area is 193 Å². The number of halogens is 3. The van der Waals surface area contributed by atoms with Gasteiger partial charge in [-0.05, 0) is 30.2 Å². The van der Waals surface area contributed by atoms with Crippen molar-refractivity contribution in [3.05, 3.63) is 83.6 Å². The average Bonchev–Trinajstić information content (AvgIpc) is 3.29.